The fourth-order valence-electron chi connectivity index (χ4n) is 2.78. The van der Waals surface area contributed by atoms with Gasteiger partial charge >= 0.3 is 0 Å². The molecule has 8 nitrogen and oxygen atoms in total. The summed E-state index contributed by atoms with van der Waals surface area (Å²) in [6.07, 6.45) is -0.270. The normalized spacial score (nSPS) is 18.9. The van der Waals surface area contributed by atoms with Crippen molar-refractivity contribution in [2.24, 2.45) is 0 Å². The molecule has 0 radical (unpaired) electrons. The molecule has 1 aromatic carbocycles. The zero-order valence-electron chi connectivity index (χ0n) is 14.5. The quantitative estimate of drug-likeness (QED) is 0.848. The molecule has 1 fully saturated rings. The number of nitriles is 1. The van der Waals surface area contributed by atoms with Crippen LogP contribution < -0.4 is 5.32 Å². The molecule has 2 atom stereocenters. The van der Waals surface area contributed by atoms with Crippen LogP contribution in [0.15, 0.2) is 18.2 Å². The highest BCUT2D eigenvalue weighted by Gasteiger charge is 2.30. The molecule has 2 heterocycles. The summed E-state index contributed by atoms with van der Waals surface area (Å²) in [5.41, 5.74) is 0.927. The second kappa shape index (κ2) is 7.83. The Bertz CT molecular complexity index is 846. The molecule has 1 aromatic heterocycles. The molecule has 0 spiro atoms. The van der Waals surface area contributed by atoms with Gasteiger partial charge in [-0.3, -0.25) is 14.8 Å². The molecule has 1 aliphatic heterocycles. The van der Waals surface area contributed by atoms with E-state index in [2.05, 4.69) is 20.5 Å². The molecular formula is C17H19ClN6O2. The van der Waals surface area contributed by atoms with Crippen molar-refractivity contribution in [1.29, 1.82) is 5.26 Å². The third-order valence-corrected chi connectivity index (χ3v) is 4.60. The monoisotopic (exact) mass is 374 g/mol. The fourth-order valence-corrected chi connectivity index (χ4v) is 3.00. The molecule has 1 saturated heterocycles. The Morgan fingerprint density at radius 1 is 1.58 bits per heavy atom. The lowest BCUT2D eigenvalue weighted by atomic mass is 10.1. The number of rotatable bonds is 4. The van der Waals surface area contributed by atoms with Crippen molar-refractivity contribution in [3.05, 3.63) is 40.4 Å². The molecule has 0 aliphatic carbocycles. The number of benzene rings is 1. The van der Waals surface area contributed by atoms with E-state index >= 15 is 0 Å². The van der Waals surface area contributed by atoms with E-state index in [1.807, 2.05) is 24.8 Å². The lowest BCUT2D eigenvalue weighted by molar-refractivity contribution is -0.124. The maximum atomic E-state index is 12.6. The number of hydrogen-bond donors (Lipinski definition) is 2. The van der Waals surface area contributed by atoms with Gasteiger partial charge in [0.25, 0.3) is 0 Å². The van der Waals surface area contributed by atoms with Gasteiger partial charge in [0.15, 0.2) is 5.82 Å². The number of carbonyl (C=O) groups is 1. The molecule has 0 saturated carbocycles. The third kappa shape index (κ3) is 4.02. The number of carbonyl (C=O) groups excluding carboxylic acids is 1. The average Bonchev–Trinajstić information content (AvgIpc) is 3.08. The van der Waals surface area contributed by atoms with Crippen LogP contribution in [-0.2, 0) is 9.53 Å². The number of amides is 1. The molecular weight excluding hydrogens is 356 g/mol. The maximum absolute atomic E-state index is 12.6. The van der Waals surface area contributed by atoms with Crippen molar-refractivity contribution < 1.29 is 9.53 Å². The number of hydrogen-bond acceptors (Lipinski definition) is 6. The van der Waals surface area contributed by atoms with Crippen LogP contribution in [0.25, 0.3) is 0 Å². The first-order chi connectivity index (χ1) is 12.5. The van der Waals surface area contributed by atoms with Gasteiger partial charge in [0.1, 0.15) is 18.0 Å². The maximum Gasteiger partial charge on any atom is 0.241 e. The second-order valence-corrected chi connectivity index (χ2v) is 6.51. The number of morpholine rings is 1. The van der Waals surface area contributed by atoms with Crippen LogP contribution in [-0.4, -0.2) is 51.7 Å². The summed E-state index contributed by atoms with van der Waals surface area (Å²) in [5.74, 6) is 1.17. The molecule has 26 heavy (non-hydrogen) atoms. The van der Waals surface area contributed by atoms with Crippen molar-refractivity contribution in [3.63, 3.8) is 0 Å². The minimum atomic E-state index is -0.365. The first-order valence-corrected chi connectivity index (χ1v) is 8.61. The van der Waals surface area contributed by atoms with Gasteiger partial charge < -0.3 is 10.1 Å². The van der Waals surface area contributed by atoms with Crippen LogP contribution in [0.4, 0.5) is 5.69 Å². The largest absolute Gasteiger partial charge is 0.367 e. The minimum Gasteiger partial charge on any atom is -0.367 e. The van der Waals surface area contributed by atoms with Gasteiger partial charge in [0.2, 0.25) is 5.91 Å². The first-order valence-electron chi connectivity index (χ1n) is 8.23. The molecule has 9 heteroatoms. The number of H-pyrrole nitrogens is 1. The number of anilines is 1. The number of nitrogens with one attached hydrogen (secondary N) is 2. The van der Waals surface area contributed by atoms with Crippen molar-refractivity contribution in [2.45, 2.75) is 26.0 Å². The average molecular weight is 375 g/mol. The molecule has 3 rings (SSSR count). The molecule has 1 aliphatic rings. The van der Waals surface area contributed by atoms with Crippen molar-refractivity contribution in [1.82, 2.24) is 20.1 Å². The van der Waals surface area contributed by atoms with E-state index in [4.69, 9.17) is 21.6 Å². The zero-order valence-corrected chi connectivity index (χ0v) is 15.2. The fraction of sp³-hybridized carbons (Fsp3) is 0.412. The Morgan fingerprint density at radius 3 is 3.04 bits per heavy atom. The molecule has 0 bridgehead atoms. The molecule has 2 aromatic rings. The van der Waals surface area contributed by atoms with E-state index in [9.17, 15) is 4.79 Å². The minimum absolute atomic E-state index is 0.155. The number of aromatic nitrogens is 3. The highest BCUT2D eigenvalue weighted by Crippen LogP contribution is 2.23. The summed E-state index contributed by atoms with van der Waals surface area (Å²) in [6.45, 7) is 5.34. The number of aryl methyl sites for hydroxylation is 1. The number of ether oxygens (including phenoxy) is 1. The standard InChI is InChI=1S/C17H19ClN6O2/c1-10(17(25)21-13-4-3-12(8-19)14(18)7-13)24-5-6-26-15(9-24)16-20-11(2)22-23-16/h3-4,7,10,15H,5-6,9H2,1-2H3,(H,21,25)(H,20,22,23). The number of aromatic amines is 1. The van der Waals surface area contributed by atoms with Crippen LogP contribution >= 0.6 is 11.6 Å². The summed E-state index contributed by atoms with van der Waals surface area (Å²) in [6, 6.07) is 6.44. The predicted octanol–water partition coefficient (Wildman–Crippen LogP) is 2.04. The highest BCUT2D eigenvalue weighted by atomic mass is 35.5. The summed E-state index contributed by atoms with van der Waals surface area (Å²) in [5, 5.41) is 19.0. The van der Waals surface area contributed by atoms with Crippen molar-refractivity contribution >= 4 is 23.2 Å². The number of nitrogens with zero attached hydrogens (tertiary/aromatic N) is 4. The number of halogens is 1. The Morgan fingerprint density at radius 2 is 2.38 bits per heavy atom. The van der Waals surface area contributed by atoms with Crippen LogP contribution in [0, 0.1) is 18.3 Å². The lowest BCUT2D eigenvalue weighted by Gasteiger charge is -2.35. The summed E-state index contributed by atoms with van der Waals surface area (Å²) in [4.78, 5) is 18.9. The third-order valence-electron chi connectivity index (χ3n) is 4.28. The second-order valence-electron chi connectivity index (χ2n) is 6.11. The van der Waals surface area contributed by atoms with Crippen molar-refractivity contribution in [2.75, 3.05) is 25.0 Å². The van der Waals surface area contributed by atoms with Gasteiger partial charge in [-0.15, -0.1) is 0 Å². The van der Waals surface area contributed by atoms with E-state index < -0.39 is 0 Å². The van der Waals surface area contributed by atoms with Crippen LogP contribution in [0.2, 0.25) is 5.02 Å². The Labute approximate surface area is 156 Å². The van der Waals surface area contributed by atoms with E-state index in [0.29, 0.717) is 41.8 Å². The summed E-state index contributed by atoms with van der Waals surface area (Å²) in [7, 11) is 0. The van der Waals surface area contributed by atoms with Crippen LogP contribution in [0.3, 0.4) is 0 Å². The molecule has 2 N–H and O–H groups in total. The highest BCUT2D eigenvalue weighted by molar-refractivity contribution is 6.32. The summed E-state index contributed by atoms with van der Waals surface area (Å²) >= 11 is 6.01. The van der Waals surface area contributed by atoms with Crippen molar-refractivity contribution in [3.8, 4) is 6.07 Å². The van der Waals surface area contributed by atoms with Gasteiger partial charge in [-0.2, -0.15) is 10.4 Å². The Balaban J connectivity index is 1.64. The molecule has 2 unspecified atom stereocenters. The smallest absolute Gasteiger partial charge is 0.241 e. The van der Waals surface area contributed by atoms with Gasteiger partial charge in [0.05, 0.1) is 23.2 Å². The summed E-state index contributed by atoms with van der Waals surface area (Å²) < 4.78 is 5.73. The predicted molar refractivity (Wildman–Crippen MR) is 95.6 cm³/mol. The molecule has 1 amide bonds. The topological polar surface area (TPSA) is 107 Å². The van der Waals surface area contributed by atoms with Crippen LogP contribution in [0.1, 0.15) is 30.2 Å². The van der Waals surface area contributed by atoms with Gasteiger partial charge in [-0.05, 0) is 32.0 Å². The van der Waals surface area contributed by atoms with E-state index in [-0.39, 0.29) is 18.1 Å². The zero-order chi connectivity index (χ0) is 18.7. The first kappa shape index (κ1) is 18.3. The van der Waals surface area contributed by atoms with E-state index in [0.717, 1.165) is 5.82 Å². The van der Waals surface area contributed by atoms with Gasteiger partial charge in [-0.25, -0.2) is 4.98 Å². The SMILES string of the molecule is Cc1nc(C2CN(C(C)C(=O)Nc3ccc(C#N)c(Cl)c3)CCO2)n[nH]1. The van der Waals surface area contributed by atoms with Crippen LogP contribution in [0.5, 0.6) is 0 Å². The molecule has 136 valence electrons. The van der Waals surface area contributed by atoms with Gasteiger partial charge in [0, 0.05) is 18.8 Å². The van der Waals surface area contributed by atoms with Gasteiger partial charge in [-0.1, -0.05) is 11.6 Å². The Hall–Kier alpha value is -2.47. The lowest BCUT2D eigenvalue weighted by Crippen LogP contribution is -2.48. The van der Waals surface area contributed by atoms with E-state index in [1.54, 1.807) is 18.2 Å². The Kier molecular flexibility index (Phi) is 5.52. The van der Waals surface area contributed by atoms with E-state index in [1.165, 1.54) is 0 Å².